The Morgan fingerprint density at radius 1 is 1.50 bits per heavy atom. The molecule has 0 heterocycles. The second-order valence-electron chi connectivity index (χ2n) is 2.46. The molecule has 0 aliphatic heterocycles. The van der Waals surface area contributed by atoms with Gasteiger partial charge in [-0.05, 0) is 20.8 Å². The van der Waals surface area contributed by atoms with E-state index in [0.29, 0.717) is 0 Å². The summed E-state index contributed by atoms with van der Waals surface area (Å²) in [4.78, 5) is 1.18. The van der Waals surface area contributed by atoms with Gasteiger partial charge in [-0.15, -0.1) is 4.48 Å². The zero-order chi connectivity index (χ0) is 6.78. The molecule has 0 radical (unpaired) electrons. The highest BCUT2D eigenvalue weighted by molar-refractivity contribution is 7.84. The molecule has 0 aromatic rings. The smallest absolute Gasteiger partial charge is 0.125 e. The van der Waals surface area contributed by atoms with Gasteiger partial charge in [0.15, 0.2) is 0 Å². The molecular weight excluding hydrogens is 129 g/mol. The van der Waals surface area contributed by atoms with Gasteiger partial charge in [0.2, 0.25) is 0 Å². The van der Waals surface area contributed by atoms with Crippen LogP contribution in [0.15, 0.2) is 0 Å². The molecular formula is C4H10FNOS. The Balaban J connectivity index is 3.82. The number of hydrogen-bond acceptors (Lipinski definition) is 1. The molecule has 0 amide bonds. The van der Waals surface area contributed by atoms with Crippen molar-refractivity contribution in [2.75, 3.05) is 0 Å². The van der Waals surface area contributed by atoms with Gasteiger partial charge in [-0.3, -0.25) is 0 Å². The maximum absolute atomic E-state index is 11.3. The molecule has 1 N–H and O–H groups in total. The van der Waals surface area contributed by atoms with Crippen molar-refractivity contribution in [3.63, 3.8) is 0 Å². The monoisotopic (exact) mass is 139 g/mol. The van der Waals surface area contributed by atoms with Crippen molar-refractivity contribution in [1.29, 1.82) is 0 Å². The molecule has 0 unspecified atom stereocenters. The molecule has 1 atom stereocenters. The Morgan fingerprint density at radius 2 is 1.88 bits per heavy atom. The predicted molar refractivity (Wildman–Crippen MR) is 32.1 cm³/mol. The summed E-state index contributed by atoms with van der Waals surface area (Å²) in [7, 11) is -1.56. The third-order valence-electron chi connectivity index (χ3n) is 0.626. The number of hydrogen-bond donors (Lipinski definition) is 1. The average Bonchev–Trinajstić information content (AvgIpc) is 1.62. The summed E-state index contributed by atoms with van der Waals surface area (Å²) in [5, 5.41) is 0. The summed E-state index contributed by atoms with van der Waals surface area (Å²) in [6.07, 6.45) is 0. The Kier molecular flexibility index (Phi) is 2.56. The normalized spacial score (nSPS) is 16.0. The van der Waals surface area contributed by atoms with E-state index < -0.39 is 15.7 Å². The molecule has 4 heteroatoms. The first kappa shape index (κ1) is 8.04. The topological polar surface area (TPSA) is 29.1 Å². The zero-order valence-corrected chi connectivity index (χ0v) is 6.01. The minimum Gasteiger partial charge on any atom is -0.240 e. The van der Waals surface area contributed by atoms with E-state index in [9.17, 15) is 8.69 Å². The summed E-state index contributed by atoms with van der Waals surface area (Å²) < 4.78 is 21.3. The molecule has 0 aliphatic rings. The number of halogens is 1. The van der Waals surface area contributed by atoms with Gasteiger partial charge in [0.25, 0.3) is 0 Å². The Bertz CT molecular complexity index is 98.7. The molecule has 0 aliphatic carbocycles. The van der Waals surface area contributed by atoms with E-state index in [1.54, 1.807) is 20.8 Å². The third kappa shape index (κ3) is 2.37. The maximum Gasteiger partial charge on any atom is 0.125 e. The minimum absolute atomic E-state index is 0.505. The van der Waals surface area contributed by atoms with Crippen LogP contribution < -0.4 is 4.94 Å². The largest absolute Gasteiger partial charge is 0.240 e. The molecule has 0 aromatic heterocycles. The third-order valence-corrected chi connectivity index (χ3v) is 1.88. The first-order chi connectivity index (χ1) is 3.48. The standard InChI is InChI=1S/C4H10FNOS/c1-4(2,3)8(7)6-5/h6H,1-3H3/t8-/m1/s1. The second kappa shape index (κ2) is 2.55. The van der Waals surface area contributed by atoms with Crippen molar-refractivity contribution in [1.82, 2.24) is 4.94 Å². The van der Waals surface area contributed by atoms with Crippen LogP contribution in [0.5, 0.6) is 0 Å². The molecule has 0 saturated carbocycles. The maximum atomic E-state index is 11.3. The van der Waals surface area contributed by atoms with Gasteiger partial charge in [0.05, 0.1) is 4.75 Å². The van der Waals surface area contributed by atoms with Gasteiger partial charge in [0.1, 0.15) is 11.0 Å². The van der Waals surface area contributed by atoms with Crippen LogP contribution in [0.2, 0.25) is 0 Å². The lowest BCUT2D eigenvalue weighted by molar-refractivity contribution is 0.440. The molecule has 0 rings (SSSR count). The molecule has 8 heavy (non-hydrogen) atoms. The van der Waals surface area contributed by atoms with E-state index in [0.717, 1.165) is 0 Å². The van der Waals surface area contributed by atoms with Crippen molar-refractivity contribution in [2.45, 2.75) is 25.5 Å². The van der Waals surface area contributed by atoms with E-state index in [1.807, 2.05) is 0 Å². The number of nitrogens with one attached hydrogen (secondary N) is 1. The van der Waals surface area contributed by atoms with Crippen molar-refractivity contribution >= 4 is 11.0 Å². The second-order valence-corrected chi connectivity index (χ2v) is 4.37. The fourth-order valence-electron chi connectivity index (χ4n) is 0.116. The Morgan fingerprint density at radius 3 is 1.88 bits per heavy atom. The van der Waals surface area contributed by atoms with Gasteiger partial charge in [-0.25, -0.2) is 4.21 Å². The van der Waals surface area contributed by atoms with Crippen LogP contribution in [0.1, 0.15) is 20.8 Å². The van der Waals surface area contributed by atoms with E-state index >= 15 is 0 Å². The van der Waals surface area contributed by atoms with Crippen molar-refractivity contribution < 1.29 is 8.69 Å². The molecule has 0 bridgehead atoms. The van der Waals surface area contributed by atoms with Crippen LogP contribution in [-0.4, -0.2) is 8.96 Å². The van der Waals surface area contributed by atoms with E-state index in [1.165, 1.54) is 4.94 Å². The van der Waals surface area contributed by atoms with Crippen LogP contribution in [-0.2, 0) is 11.0 Å². The predicted octanol–water partition coefficient (Wildman–Crippen LogP) is 0.923. The highest BCUT2D eigenvalue weighted by atomic mass is 32.2. The lowest BCUT2D eigenvalue weighted by Gasteiger charge is -2.13. The van der Waals surface area contributed by atoms with Gasteiger partial charge < -0.3 is 0 Å². The van der Waals surface area contributed by atoms with Gasteiger partial charge in [-0.2, -0.15) is 0 Å². The Hall–Kier alpha value is 0.0400. The highest BCUT2D eigenvalue weighted by Gasteiger charge is 2.18. The van der Waals surface area contributed by atoms with Crippen LogP contribution in [0, 0.1) is 0 Å². The van der Waals surface area contributed by atoms with E-state index in [-0.39, 0.29) is 0 Å². The van der Waals surface area contributed by atoms with Gasteiger partial charge in [0, 0.05) is 0 Å². The van der Waals surface area contributed by atoms with Crippen LogP contribution in [0.25, 0.3) is 0 Å². The van der Waals surface area contributed by atoms with Gasteiger partial charge >= 0.3 is 0 Å². The molecule has 0 aromatic carbocycles. The molecule has 0 fully saturated rings. The SMILES string of the molecule is CC(C)(C)[S@@](=O)NF. The molecule has 0 saturated heterocycles. The fourth-order valence-corrected chi connectivity index (χ4v) is 0.347. The van der Waals surface area contributed by atoms with Crippen LogP contribution >= 0.6 is 0 Å². The summed E-state index contributed by atoms with van der Waals surface area (Å²) >= 11 is 0. The first-order valence-corrected chi connectivity index (χ1v) is 3.41. The quantitative estimate of drug-likeness (QED) is 0.538. The van der Waals surface area contributed by atoms with Crippen molar-refractivity contribution in [2.24, 2.45) is 0 Å². The Labute approximate surface area is 51.0 Å². The molecule has 2 nitrogen and oxygen atoms in total. The molecule has 50 valence electrons. The highest BCUT2D eigenvalue weighted by Crippen LogP contribution is 2.07. The van der Waals surface area contributed by atoms with Crippen LogP contribution in [0.3, 0.4) is 0 Å². The summed E-state index contributed by atoms with van der Waals surface area (Å²) in [5.41, 5.74) is 0. The fraction of sp³-hybridized carbons (Fsp3) is 1.00. The lowest BCUT2D eigenvalue weighted by Crippen LogP contribution is -2.28. The zero-order valence-electron chi connectivity index (χ0n) is 5.19. The minimum atomic E-state index is -1.56. The van der Waals surface area contributed by atoms with Crippen molar-refractivity contribution in [3.8, 4) is 0 Å². The summed E-state index contributed by atoms with van der Waals surface area (Å²) in [6, 6.07) is 0. The molecule has 0 spiro atoms. The summed E-state index contributed by atoms with van der Waals surface area (Å²) in [5.74, 6) is 0. The van der Waals surface area contributed by atoms with Gasteiger partial charge in [-0.1, -0.05) is 4.94 Å². The first-order valence-electron chi connectivity index (χ1n) is 2.26. The average molecular weight is 139 g/mol. The van der Waals surface area contributed by atoms with Crippen LogP contribution in [0.4, 0.5) is 4.48 Å². The van der Waals surface area contributed by atoms with E-state index in [4.69, 9.17) is 0 Å². The van der Waals surface area contributed by atoms with E-state index in [2.05, 4.69) is 0 Å². The van der Waals surface area contributed by atoms with Crippen molar-refractivity contribution in [3.05, 3.63) is 0 Å². The lowest BCUT2D eigenvalue weighted by atomic mass is 10.3. The summed E-state index contributed by atoms with van der Waals surface area (Å²) in [6.45, 7) is 5.07. The number of rotatable bonds is 1.